The zero-order valence-electron chi connectivity index (χ0n) is 13.2. The molecule has 9 heteroatoms. The summed E-state index contributed by atoms with van der Waals surface area (Å²) < 4.78 is 41.0. The highest BCUT2D eigenvalue weighted by molar-refractivity contribution is 6.00. The van der Waals surface area contributed by atoms with Crippen LogP contribution in [-0.4, -0.2) is 33.8 Å². The lowest BCUT2D eigenvalue weighted by Gasteiger charge is -2.44. The van der Waals surface area contributed by atoms with Gasteiger partial charge in [0, 0.05) is 18.0 Å². The van der Waals surface area contributed by atoms with E-state index in [1.807, 2.05) is 0 Å². The van der Waals surface area contributed by atoms with Gasteiger partial charge < -0.3 is 15.7 Å². The fourth-order valence-electron chi connectivity index (χ4n) is 2.96. The number of rotatable bonds is 3. The predicted molar refractivity (Wildman–Crippen MR) is 83.9 cm³/mol. The number of aliphatic hydroxyl groups is 1. The van der Waals surface area contributed by atoms with Crippen LogP contribution >= 0.6 is 0 Å². The largest absolute Gasteiger partial charge is 0.437 e. The number of carbonyl (C=O) groups excluding carboxylic acids is 2. The van der Waals surface area contributed by atoms with Gasteiger partial charge in [-0.3, -0.25) is 9.78 Å². The Labute approximate surface area is 146 Å². The van der Waals surface area contributed by atoms with Gasteiger partial charge in [0.1, 0.15) is 5.92 Å². The molecule has 1 aliphatic rings. The first-order valence-electron chi connectivity index (χ1n) is 7.61. The number of nitrogens with one attached hydrogen (secondary N) is 2. The van der Waals surface area contributed by atoms with Crippen molar-refractivity contribution in [3.63, 3.8) is 0 Å². The molecule has 0 spiro atoms. The second kappa shape index (κ2) is 6.41. The summed E-state index contributed by atoms with van der Waals surface area (Å²) >= 11 is 0. The van der Waals surface area contributed by atoms with Crippen LogP contribution in [0, 0.1) is 5.92 Å². The summed E-state index contributed by atoms with van der Waals surface area (Å²) in [5.41, 5.74) is -3.59. The Balaban J connectivity index is 2.15. The minimum Gasteiger partial charge on any atom is -0.363 e. The molecule has 3 atom stereocenters. The number of ketones is 1. The molecule has 0 radical (unpaired) electrons. The summed E-state index contributed by atoms with van der Waals surface area (Å²) in [4.78, 5) is 28.5. The highest BCUT2D eigenvalue weighted by Crippen LogP contribution is 2.43. The standard InChI is InChI=1S/C17H14F3N3O3/c18-17(19,20)16(26)12(14(24)10-5-2-1-3-6-10)13(22-15(25)23-16)11-7-4-8-21-9-11/h1-9,12-13,26H,(H2,22,23,25)/t12-,13+,16+/m1/s1. The van der Waals surface area contributed by atoms with Crippen molar-refractivity contribution in [1.82, 2.24) is 15.6 Å². The molecule has 0 aliphatic carbocycles. The average Bonchev–Trinajstić information content (AvgIpc) is 2.61. The molecule has 0 unspecified atom stereocenters. The van der Waals surface area contributed by atoms with Crippen molar-refractivity contribution in [2.45, 2.75) is 17.9 Å². The number of halogens is 3. The van der Waals surface area contributed by atoms with Crippen molar-refractivity contribution in [3.05, 3.63) is 66.0 Å². The molecule has 6 nitrogen and oxygen atoms in total. The smallest absolute Gasteiger partial charge is 0.363 e. The number of Topliss-reactive ketones (excluding diaryl/α,β-unsaturated/α-hetero) is 1. The van der Waals surface area contributed by atoms with E-state index in [1.54, 1.807) is 6.07 Å². The summed E-state index contributed by atoms with van der Waals surface area (Å²) in [6.45, 7) is 0. The van der Waals surface area contributed by atoms with E-state index in [4.69, 9.17) is 0 Å². The number of nitrogens with zero attached hydrogens (tertiary/aromatic N) is 1. The van der Waals surface area contributed by atoms with Crippen LogP contribution in [0.3, 0.4) is 0 Å². The van der Waals surface area contributed by atoms with E-state index in [2.05, 4.69) is 10.3 Å². The summed E-state index contributed by atoms with van der Waals surface area (Å²) in [6.07, 6.45) is -2.64. The number of aromatic nitrogens is 1. The molecule has 2 aromatic rings. The van der Waals surface area contributed by atoms with Crippen molar-refractivity contribution in [3.8, 4) is 0 Å². The normalized spacial score (nSPS) is 25.9. The van der Waals surface area contributed by atoms with Crippen LogP contribution < -0.4 is 10.6 Å². The minimum atomic E-state index is -5.28. The summed E-state index contributed by atoms with van der Waals surface area (Å²) in [6, 6.07) is 7.50. The molecule has 1 saturated heterocycles. The number of amides is 2. The number of hydrogen-bond acceptors (Lipinski definition) is 4. The molecular weight excluding hydrogens is 351 g/mol. The van der Waals surface area contributed by atoms with Gasteiger partial charge in [0.15, 0.2) is 5.78 Å². The molecule has 1 aliphatic heterocycles. The number of urea groups is 1. The predicted octanol–water partition coefficient (Wildman–Crippen LogP) is 2.19. The van der Waals surface area contributed by atoms with Crippen LogP contribution in [0.5, 0.6) is 0 Å². The summed E-state index contributed by atoms with van der Waals surface area (Å²) in [5, 5.41) is 14.1. The maximum Gasteiger partial charge on any atom is 0.437 e. The third kappa shape index (κ3) is 3.01. The Kier molecular flexibility index (Phi) is 4.41. The maximum absolute atomic E-state index is 13.7. The summed E-state index contributed by atoms with van der Waals surface area (Å²) in [5.74, 6) is -3.02. The third-order valence-corrected chi connectivity index (χ3v) is 4.19. The van der Waals surface area contributed by atoms with Crippen LogP contribution in [-0.2, 0) is 0 Å². The molecule has 2 heterocycles. The van der Waals surface area contributed by atoms with Crippen LogP contribution in [0.1, 0.15) is 22.0 Å². The average molecular weight is 365 g/mol. The molecule has 2 amide bonds. The number of alkyl halides is 3. The molecular formula is C17H14F3N3O3. The highest BCUT2D eigenvalue weighted by Gasteiger charge is 2.66. The first kappa shape index (κ1) is 17.9. The van der Waals surface area contributed by atoms with Crippen molar-refractivity contribution < 1.29 is 27.9 Å². The van der Waals surface area contributed by atoms with Gasteiger partial charge >= 0.3 is 12.2 Å². The van der Waals surface area contributed by atoms with Gasteiger partial charge in [-0.25, -0.2) is 4.79 Å². The lowest BCUT2D eigenvalue weighted by molar-refractivity contribution is -0.287. The monoisotopic (exact) mass is 365 g/mol. The van der Waals surface area contributed by atoms with E-state index in [-0.39, 0.29) is 11.1 Å². The Bertz CT molecular complexity index is 814. The zero-order valence-corrected chi connectivity index (χ0v) is 13.2. The van der Waals surface area contributed by atoms with E-state index >= 15 is 0 Å². The number of pyridine rings is 1. The van der Waals surface area contributed by atoms with Crippen molar-refractivity contribution in [2.75, 3.05) is 0 Å². The SMILES string of the molecule is O=C1N[C@@H](c2cccnc2)[C@H](C(=O)c2ccccc2)[C@](O)(C(F)(F)F)N1. The fraction of sp³-hybridized carbons (Fsp3) is 0.235. The van der Waals surface area contributed by atoms with Crippen LogP contribution in [0.25, 0.3) is 0 Å². The van der Waals surface area contributed by atoms with Crippen molar-refractivity contribution >= 4 is 11.8 Å². The van der Waals surface area contributed by atoms with Crippen LogP contribution in [0.4, 0.5) is 18.0 Å². The zero-order chi connectivity index (χ0) is 18.9. The van der Waals surface area contributed by atoms with E-state index in [9.17, 15) is 27.9 Å². The summed E-state index contributed by atoms with van der Waals surface area (Å²) in [7, 11) is 0. The van der Waals surface area contributed by atoms with Crippen molar-refractivity contribution in [1.29, 1.82) is 0 Å². The Morgan fingerprint density at radius 3 is 2.42 bits per heavy atom. The molecule has 26 heavy (non-hydrogen) atoms. The lowest BCUT2D eigenvalue weighted by Crippen LogP contribution is -2.72. The van der Waals surface area contributed by atoms with Gasteiger partial charge in [-0.05, 0) is 11.6 Å². The van der Waals surface area contributed by atoms with Crippen molar-refractivity contribution in [2.24, 2.45) is 5.92 Å². The minimum absolute atomic E-state index is 0.0213. The number of hydrogen-bond donors (Lipinski definition) is 3. The highest BCUT2D eigenvalue weighted by atomic mass is 19.4. The number of carbonyl (C=O) groups is 2. The van der Waals surface area contributed by atoms with Gasteiger partial charge in [0.05, 0.1) is 6.04 Å². The first-order chi connectivity index (χ1) is 12.2. The lowest BCUT2D eigenvalue weighted by atomic mass is 9.77. The molecule has 1 aromatic heterocycles. The van der Waals surface area contributed by atoms with Gasteiger partial charge in [-0.2, -0.15) is 13.2 Å². The second-order valence-corrected chi connectivity index (χ2v) is 5.83. The van der Waals surface area contributed by atoms with E-state index in [1.165, 1.54) is 54.1 Å². The molecule has 1 aromatic carbocycles. The molecule has 3 rings (SSSR count). The van der Waals surface area contributed by atoms with E-state index in [0.717, 1.165) is 0 Å². The quantitative estimate of drug-likeness (QED) is 0.727. The Morgan fingerprint density at radius 1 is 1.15 bits per heavy atom. The Morgan fingerprint density at radius 2 is 1.85 bits per heavy atom. The van der Waals surface area contributed by atoms with Crippen LogP contribution in [0.2, 0.25) is 0 Å². The molecule has 0 bridgehead atoms. The van der Waals surface area contributed by atoms with E-state index < -0.39 is 35.7 Å². The van der Waals surface area contributed by atoms with Gasteiger partial charge in [-0.15, -0.1) is 0 Å². The van der Waals surface area contributed by atoms with E-state index in [0.29, 0.717) is 0 Å². The molecule has 1 fully saturated rings. The molecule has 136 valence electrons. The topological polar surface area (TPSA) is 91.3 Å². The fourth-order valence-corrected chi connectivity index (χ4v) is 2.96. The first-order valence-corrected chi connectivity index (χ1v) is 7.61. The Hall–Kier alpha value is -2.94. The molecule has 0 saturated carbocycles. The molecule has 3 N–H and O–H groups in total. The maximum atomic E-state index is 13.7. The van der Waals surface area contributed by atoms with Crippen LogP contribution in [0.15, 0.2) is 54.9 Å². The van der Waals surface area contributed by atoms with Gasteiger partial charge in [-0.1, -0.05) is 36.4 Å². The van der Waals surface area contributed by atoms with Gasteiger partial charge in [0.2, 0.25) is 5.72 Å². The van der Waals surface area contributed by atoms with Gasteiger partial charge in [0.25, 0.3) is 0 Å². The third-order valence-electron chi connectivity index (χ3n) is 4.19. The number of benzene rings is 1. The second-order valence-electron chi connectivity index (χ2n) is 5.83.